The fourth-order valence-electron chi connectivity index (χ4n) is 6.60. The van der Waals surface area contributed by atoms with Crippen LogP contribution in [0.1, 0.15) is 117 Å². The third-order valence-corrected chi connectivity index (χ3v) is 14.5. The van der Waals surface area contributed by atoms with E-state index in [2.05, 4.69) is 46.0 Å². The Morgan fingerprint density at radius 1 is 1.05 bits per heavy atom. The van der Waals surface area contributed by atoms with Crippen molar-refractivity contribution in [2.24, 2.45) is 17.8 Å². The van der Waals surface area contributed by atoms with Gasteiger partial charge in [-0.15, -0.1) is 0 Å². The zero-order valence-electron chi connectivity index (χ0n) is 25.5. The van der Waals surface area contributed by atoms with Crippen LogP contribution in [-0.4, -0.2) is 55.7 Å². The van der Waals surface area contributed by atoms with Crippen molar-refractivity contribution in [2.75, 3.05) is 6.61 Å². The summed E-state index contributed by atoms with van der Waals surface area (Å²) >= 11 is 0. The van der Waals surface area contributed by atoms with E-state index in [-0.39, 0.29) is 47.9 Å². The van der Waals surface area contributed by atoms with E-state index in [4.69, 9.17) is 19.0 Å². The molecule has 2 saturated carbocycles. The largest absolute Gasteiger partial charge is 0.481 e. The standard InChI is InChI=1S/C32H58O6Si/c1-32(2,3)39(4,5)38-28(24-15-9-8-10-16-24)21-20-26-25(17-11-6-7-12-18-30(34)35)27(33)23-29(26)37-31-19-13-14-22-36-31/h6,11,24-29,31,33H,7-10,12-23H2,1-5H3,(H,34,35)/b11-6-/t25-,26-,27+,28-,29?,31?/m1/s1. The summed E-state index contributed by atoms with van der Waals surface area (Å²) < 4.78 is 19.7. The number of rotatable bonds is 14. The Labute approximate surface area is 239 Å². The third-order valence-electron chi connectivity index (χ3n) is 10.0. The van der Waals surface area contributed by atoms with E-state index in [1.54, 1.807) is 0 Å². The average molecular weight is 567 g/mol. The van der Waals surface area contributed by atoms with E-state index in [0.717, 1.165) is 51.6 Å². The zero-order valence-corrected chi connectivity index (χ0v) is 26.5. The number of unbranched alkanes of at least 4 members (excludes halogenated alkanes) is 1. The van der Waals surface area contributed by atoms with Crippen LogP contribution in [0.15, 0.2) is 12.2 Å². The molecule has 0 bridgehead atoms. The van der Waals surface area contributed by atoms with Gasteiger partial charge in [-0.1, -0.05) is 52.2 Å². The lowest BCUT2D eigenvalue weighted by Gasteiger charge is -2.43. The molecule has 39 heavy (non-hydrogen) atoms. The summed E-state index contributed by atoms with van der Waals surface area (Å²) in [5.74, 6) is 0.303. The van der Waals surface area contributed by atoms with Gasteiger partial charge >= 0.3 is 5.97 Å². The highest BCUT2D eigenvalue weighted by Gasteiger charge is 2.45. The maximum Gasteiger partial charge on any atom is 0.303 e. The lowest BCUT2D eigenvalue weighted by atomic mass is 9.80. The predicted molar refractivity (Wildman–Crippen MR) is 159 cm³/mol. The number of carbonyl (C=O) groups is 1. The molecule has 6 atom stereocenters. The number of aliphatic hydroxyl groups is 1. The molecule has 0 aromatic carbocycles. The minimum absolute atomic E-state index is 0.00777. The second kappa shape index (κ2) is 15.5. The van der Waals surface area contributed by atoms with Crippen molar-refractivity contribution in [1.82, 2.24) is 0 Å². The van der Waals surface area contributed by atoms with E-state index in [9.17, 15) is 9.90 Å². The molecule has 7 heteroatoms. The van der Waals surface area contributed by atoms with Crippen molar-refractivity contribution >= 4 is 14.3 Å². The summed E-state index contributed by atoms with van der Waals surface area (Å²) in [6, 6.07) is 0. The highest BCUT2D eigenvalue weighted by molar-refractivity contribution is 6.74. The van der Waals surface area contributed by atoms with Crippen LogP contribution in [0.3, 0.4) is 0 Å². The van der Waals surface area contributed by atoms with Gasteiger partial charge in [0.2, 0.25) is 0 Å². The topological polar surface area (TPSA) is 85.2 Å². The van der Waals surface area contributed by atoms with Gasteiger partial charge in [-0.3, -0.25) is 4.79 Å². The van der Waals surface area contributed by atoms with E-state index >= 15 is 0 Å². The molecule has 1 aliphatic heterocycles. The lowest BCUT2D eigenvalue weighted by molar-refractivity contribution is -0.196. The highest BCUT2D eigenvalue weighted by Crippen LogP contribution is 2.44. The Balaban J connectivity index is 1.71. The fourth-order valence-corrected chi connectivity index (χ4v) is 8.02. The van der Waals surface area contributed by atoms with Crippen LogP contribution < -0.4 is 0 Å². The van der Waals surface area contributed by atoms with Crippen LogP contribution in [0.2, 0.25) is 18.1 Å². The monoisotopic (exact) mass is 566 g/mol. The van der Waals surface area contributed by atoms with Gasteiger partial charge in [-0.25, -0.2) is 0 Å². The summed E-state index contributed by atoms with van der Waals surface area (Å²) in [6.07, 6.45) is 18.8. The van der Waals surface area contributed by atoms with Crippen LogP contribution in [0.5, 0.6) is 0 Å². The summed E-state index contributed by atoms with van der Waals surface area (Å²) in [4.78, 5) is 10.8. The van der Waals surface area contributed by atoms with E-state index in [1.165, 1.54) is 32.1 Å². The number of aliphatic carboxylic acids is 1. The minimum Gasteiger partial charge on any atom is -0.481 e. The van der Waals surface area contributed by atoms with Gasteiger partial charge in [-0.2, -0.15) is 0 Å². The minimum atomic E-state index is -1.91. The Hall–Kier alpha value is -0.733. The molecule has 3 aliphatic rings. The molecule has 2 N–H and O–H groups in total. The maximum atomic E-state index is 11.2. The molecular formula is C32H58O6Si. The molecule has 0 aromatic heterocycles. The normalized spacial score (nSPS) is 30.2. The molecule has 0 amide bonds. The molecule has 0 radical (unpaired) electrons. The molecule has 2 aliphatic carbocycles. The summed E-state index contributed by atoms with van der Waals surface area (Å²) in [6.45, 7) is 12.5. The number of carboxylic acid groups (broad SMARTS) is 1. The quantitative estimate of drug-likeness (QED) is 0.127. The van der Waals surface area contributed by atoms with Gasteiger partial charge in [0, 0.05) is 25.6 Å². The second-order valence-electron chi connectivity index (χ2n) is 14.0. The molecular weight excluding hydrogens is 508 g/mol. The molecule has 2 unspecified atom stereocenters. The van der Waals surface area contributed by atoms with Gasteiger partial charge in [0.15, 0.2) is 14.6 Å². The van der Waals surface area contributed by atoms with E-state index < -0.39 is 14.3 Å². The van der Waals surface area contributed by atoms with Gasteiger partial charge in [0.05, 0.1) is 12.2 Å². The number of allylic oxidation sites excluding steroid dienone is 2. The van der Waals surface area contributed by atoms with Gasteiger partial charge < -0.3 is 24.1 Å². The van der Waals surface area contributed by atoms with Crippen molar-refractivity contribution in [1.29, 1.82) is 0 Å². The lowest BCUT2D eigenvalue weighted by Crippen LogP contribution is -2.46. The summed E-state index contributed by atoms with van der Waals surface area (Å²) in [5, 5.41) is 20.3. The Bertz CT molecular complexity index is 750. The zero-order chi connectivity index (χ0) is 28.5. The van der Waals surface area contributed by atoms with Crippen molar-refractivity contribution in [3.63, 3.8) is 0 Å². The SMILES string of the molecule is CC(C)(C)[Si](C)(C)O[C@H](CC[C@H]1C(OC2CCCCO2)C[C@H](O)[C@@H]1C/C=C\CCCC(=O)O)C1CCCCC1. The van der Waals surface area contributed by atoms with Gasteiger partial charge in [0.25, 0.3) is 0 Å². The van der Waals surface area contributed by atoms with E-state index in [0.29, 0.717) is 18.8 Å². The average Bonchev–Trinajstić information content (AvgIpc) is 3.17. The third kappa shape index (κ3) is 10.2. The predicted octanol–water partition coefficient (Wildman–Crippen LogP) is 7.85. The number of hydrogen-bond acceptors (Lipinski definition) is 5. The van der Waals surface area contributed by atoms with Gasteiger partial charge in [0.1, 0.15) is 0 Å². The van der Waals surface area contributed by atoms with Crippen molar-refractivity contribution in [3.05, 3.63) is 12.2 Å². The first-order valence-electron chi connectivity index (χ1n) is 16.0. The maximum absolute atomic E-state index is 11.2. The van der Waals surface area contributed by atoms with Crippen LogP contribution in [0.4, 0.5) is 0 Å². The first-order valence-corrected chi connectivity index (χ1v) is 18.9. The Morgan fingerprint density at radius 3 is 2.41 bits per heavy atom. The molecule has 1 saturated heterocycles. The molecule has 3 fully saturated rings. The molecule has 3 rings (SSSR count). The van der Waals surface area contributed by atoms with Crippen molar-refractivity contribution in [3.8, 4) is 0 Å². The number of aliphatic hydroxyl groups excluding tert-OH is 1. The summed E-state index contributed by atoms with van der Waals surface area (Å²) in [5.41, 5.74) is 0. The number of carboxylic acids is 1. The van der Waals surface area contributed by atoms with Crippen molar-refractivity contribution in [2.45, 2.75) is 160 Å². The molecule has 226 valence electrons. The van der Waals surface area contributed by atoms with Crippen molar-refractivity contribution < 1.29 is 28.9 Å². The van der Waals surface area contributed by atoms with Gasteiger partial charge in [-0.05, 0) is 100 Å². The Morgan fingerprint density at radius 2 is 1.77 bits per heavy atom. The van der Waals surface area contributed by atoms with Crippen LogP contribution in [-0.2, 0) is 18.7 Å². The smallest absolute Gasteiger partial charge is 0.303 e. The first kappa shape index (κ1) is 32.8. The highest BCUT2D eigenvalue weighted by atomic mass is 28.4. The fraction of sp³-hybridized carbons (Fsp3) is 0.906. The molecule has 1 heterocycles. The number of ether oxygens (including phenoxy) is 2. The van der Waals surface area contributed by atoms with Crippen LogP contribution in [0, 0.1) is 17.8 Å². The molecule has 0 spiro atoms. The summed E-state index contributed by atoms with van der Waals surface area (Å²) in [7, 11) is -1.91. The van der Waals surface area contributed by atoms with E-state index in [1.807, 2.05) is 0 Å². The van der Waals surface area contributed by atoms with Crippen LogP contribution in [0.25, 0.3) is 0 Å². The second-order valence-corrected chi connectivity index (χ2v) is 18.7. The molecule has 0 aromatic rings. The Kier molecular flexibility index (Phi) is 13.0. The molecule has 6 nitrogen and oxygen atoms in total. The first-order chi connectivity index (χ1) is 18.5. The number of hydrogen-bond donors (Lipinski definition) is 2. The van der Waals surface area contributed by atoms with Crippen LogP contribution >= 0.6 is 0 Å².